The summed E-state index contributed by atoms with van der Waals surface area (Å²) >= 11 is 0. The van der Waals surface area contributed by atoms with Crippen molar-refractivity contribution in [2.75, 3.05) is 39.4 Å². The number of nitrogens with zero attached hydrogens (tertiary/aromatic N) is 1. The molecule has 0 aliphatic carbocycles. The highest BCUT2D eigenvalue weighted by Crippen LogP contribution is 2.07. The molecule has 0 saturated carbocycles. The molecule has 1 amide bonds. The number of ether oxygens (including phenoxy) is 1. The van der Waals surface area contributed by atoms with E-state index >= 15 is 0 Å². The van der Waals surface area contributed by atoms with Crippen molar-refractivity contribution >= 4 is 5.91 Å². The van der Waals surface area contributed by atoms with Gasteiger partial charge in [-0.15, -0.1) is 0 Å². The Morgan fingerprint density at radius 2 is 2.47 bits per heavy atom. The van der Waals surface area contributed by atoms with E-state index < -0.39 is 0 Å². The lowest BCUT2D eigenvalue weighted by Crippen LogP contribution is -2.54. The number of carbonyl (C=O) groups is 1. The van der Waals surface area contributed by atoms with Gasteiger partial charge in [-0.2, -0.15) is 0 Å². The van der Waals surface area contributed by atoms with E-state index in [1.165, 1.54) is 0 Å². The standard InChI is InChI=1S/C10H21N3O2/c1-2-12-10(14)9-8-15-7-6-13(9)5-3-4-11/h9H,2-8,11H2,1H3,(H,12,14). The summed E-state index contributed by atoms with van der Waals surface area (Å²) in [5, 5.41) is 2.83. The number of likely N-dealkylation sites (N-methyl/N-ethyl adjacent to an activating group) is 1. The molecule has 0 aromatic carbocycles. The number of morpholine rings is 1. The summed E-state index contributed by atoms with van der Waals surface area (Å²) in [6.07, 6.45) is 0.926. The fraction of sp³-hybridized carbons (Fsp3) is 0.900. The summed E-state index contributed by atoms with van der Waals surface area (Å²) in [7, 11) is 0. The van der Waals surface area contributed by atoms with Crippen LogP contribution in [0.5, 0.6) is 0 Å². The van der Waals surface area contributed by atoms with Crippen molar-refractivity contribution in [2.45, 2.75) is 19.4 Å². The number of carbonyl (C=O) groups excluding carboxylic acids is 1. The zero-order valence-electron chi connectivity index (χ0n) is 9.37. The zero-order chi connectivity index (χ0) is 11.1. The van der Waals surface area contributed by atoms with Gasteiger partial charge in [0, 0.05) is 19.6 Å². The van der Waals surface area contributed by atoms with E-state index in [4.69, 9.17) is 10.5 Å². The Kier molecular flexibility index (Phi) is 5.60. The predicted octanol–water partition coefficient (Wildman–Crippen LogP) is -0.828. The summed E-state index contributed by atoms with van der Waals surface area (Å²) in [5.74, 6) is 0.0641. The van der Waals surface area contributed by atoms with Gasteiger partial charge in [0.15, 0.2) is 0 Å². The summed E-state index contributed by atoms with van der Waals surface area (Å²) in [6, 6.07) is -0.134. The number of rotatable bonds is 5. The van der Waals surface area contributed by atoms with Gasteiger partial charge in [0.25, 0.3) is 0 Å². The predicted molar refractivity (Wildman–Crippen MR) is 58.5 cm³/mol. The Labute approximate surface area is 90.9 Å². The van der Waals surface area contributed by atoms with Crippen LogP contribution in [0.1, 0.15) is 13.3 Å². The van der Waals surface area contributed by atoms with Crippen LogP contribution in [0, 0.1) is 0 Å². The number of hydrogen-bond acceptors (Lipinski definition) is 4. The van der Waals surface area contributed by atoms with Crippen LogP contribution in [0.25, 0.3) is 0 Å². The van der Waals surface area contributed by atoms with Crippen LogP contribution in [-0.2, 0) is 9.53 Å². The van der Waals surface area contributed by atoms with Crippen LogP contribution in [0.15, 0.2) is 0 Å². The van der Waals surface area contributed by atoms with Gasteiger partial charge < -0.3 is 15.8 Å². The number of nitrogens with two attached hydrogens (primary N) is 1. The van der Waals surface area contributed by atoms with Crippen LogP contribution in [0.4, 0.5) is 0 Å². The van der Waals surface area contributed by atoms with Crippen molar-refractivity contribution in [1.29, 1.82) is 0 Å². The van der Waals surface area contributed by atoms with Crippen LogP contribution >= 0.6 is 0 Å². The molecule has 88 valence electrons. The molecular weight excluding hydrogens is 194 g/mol. The van der Waals surface area contributed by atoms with Crippen LogP contribution in [0.3, 0.4) is 0 Å². The van der Waals surface area contributed by atoms with Gasteiger partial charge in [-0.05, 0) is 19.9 Å². The first-order chi connectivity index (χ1) is 7.29. The normalized spacial score (nSPS) is 22.7. The van der Waals surface area contributed by atoms with Crippen LogP contribution < -0.4 is 11.1 Å². The minimum atomic E-state index is -0.134. The average Bonchev–Trinajstić information content (AvgIpc) is 2.27. The van der Waals surface area contributed by atoms with Crippen molar-refractivity contribution in [3.63, 3.8) is 0 Å². The highest BCUT2D eigenvalue weighted by Gasteiger charge is 2.28. The first-order valence-electron chi connectivity index (χ1n) is 5.59. The third-order valence-corrected chi connectivity index (χ3v) is 2.54. The molecule has 1 saturated heterocycles. The molecule has 0 spiro atoms. The van der Waals surface area contributed by atoms with E-state index in [0.29, 0.717) is 26.3 Å². The van der Waals surface area contributed by atoms with Gasteiger partial charge in [0.2, 0.25) is 5.91 Å². The molecular formula is C10H21N3O2. The molecule has 5 heteroatoms. The topological polar surface area (TPSA) is 67.6 Å². The molecule has 1 heterocycles. The third-order valence-electron chi connectivity index (χ3n) is 2.54. The van der Waals surface area contributed by atoms with E-state index in [1.807, 2.05) is 6.92 Å². The molecule has 1 aliphatic heterocycles. The maximum absolute atomic E-state index is 11.7. The van der Waals surface area contributed by atoms with E-state index in [9.17, 15) is 4.79 Å². The fourth-order valence-electron chi connectivity index (χ4n) is 1.73. The van der Waals surface area contributed by atoms with Crippen molar-refractivity contribution in [2.24, 2.45) is 5.73 Å². The van der Waals surface area contributed by atoms with Crippen LogP contribution in [0.2, 0.25) is 0 Å². The second kappa shape index (κ2) is 6.76. The van der Waals surface area contributed by atoms with Crippen molar-refractivity contribution in [3.8, 4) is 0 Å². The van der Waals surface area contributed by atoms with Crippen molar-refractivity contribution in [1.82, 2.24) is 10.2 Å². The summed E-state index contributed by atoms with van der Waals surface area (Å²) in [5.41, 5.74) is 5.47. The first kappa shape index (κ1) is 12.4. The molecule has 1 unspecified atom stereocenters. The summed E-state index contributed by atoms with van der Waals surface area (Å²) < 4.78 is 5.33. The third kappa shape index (κ3) is 3.77. The highest BCUT2D eigenvalue weighted by atomic mass is 16.5. The molecule has 5 nitrogen and oxygen atoms in total. The second-order valence-electron chi connectivity index (χ2n) is 3.66. The SMILES string of the molecule is CCNC(=O)C1COCCN1CCCN. The number of hydrogen-bond donors (Lipinski definition) is 2. The van der Waals surface area contributed by atoms with E-state index in [-0.39, 0.29) is 11.9 Å². The minimum absolute atomic E-state index is 0.0641. The maximum atomic E-state index is 11.7. The number of nitrogens with one attached hydrogen (secondary N) is 1. The number of amides is 1. The molecule has 1 fully saturated rings. The molecule has 0 aromatic rings. The molecule has 0 radical (unpaired) electrons. The van der Waals surface area contributed by atoms with Gasteiger partial charge in [0.1, 0.15) is 6.04 Å². The first-order valence-corrected chi connectivity index (χ1v) is 5.59. The quantitative estimate of drug-likeness (QED) is 0.628. The average molecular weight is 215 g/mol. The Hall–Kier alpha value is -0.650. The van der Waals surface area contributed by atoms with Gasteiger partial charge in [-0.1, -0.05) is 0 Å². The molecule has 1 aliphatic rings. The van der Waals surface area contributed by atoms with Crippen molar-refractivity contribution < 1.29 is 9.53 Å². The summed E-state index contributed by atoms with van der Waals surface area (Å²) in [4.78, 5) is 13.9. The molecule has 15 heavy (non-hydrogen) atoms. The maximum Gasteiger partial charge on any atom is 0.239 e. The lowest BCUT2D eigenvalue weighted by atomic mass is 10.2. The monoisotopic (exact) mass is 215 g/mol. The Balaban J connectivity index is 2.45. The van der Waals surface area contributed by atoms with Gasteiger partial charge in [-0.3, -0.25) is 9.69 Å². The molecule has 0 aromatic heterocycles. The van der Waals surface area contributed by atoms with E-state index in [2.05, 4.69) is 10.2 Å². The van der Waals surface area contributed by atoms with Crippen molar-refractivity contribution in [3.05, 3.63) is 0 Å². The molecule has 1 atom stereocenters. The van der Waals surface area contributed by atoms with E-state index in [1.54, 1.807) is 0 Å². The Morgan fingerprint density at radius 1 is 1.67 bits per heavy atom. The zero-order valence-corrected chi connectivity index (χ0v) is 9.37. The Morgan fingerprint density at radius 3 is 3.13 bits per heavy atom. The smallest absolute Gasteiger partial charge is 0.239 e. The van der Waals surface area contributed by atoms with Crippen LogP contribution in [-0.4, -0.2) is 56.2 Å². The minimum Gasteiger partial charge on any atom is -0.378 e. The molecule has 3 N–H and O–H groups in total. The van der Waals surface area contributed by atoms with Gasteiger partial charge in [0.05, 0.1) is 13.2 Å². The van der Waals surface area contributed by atoms with E-state index in [0.717, 1.165) is 19.5 Å². The molecule has 0 bridgehead atoms. The van der Waals surface area contributed by atoms with Gasteiger partial charge in [-0.25, -0.2) is 0 Å². The highest BCUT2D eigenvalue weighted by molar-refractivity contribution is 5.81. The second-order valence-corrected chi connectivity index (χ2v) is 3.66. The fourth-order valence-corrected chi connectivity index (χ4v) is 1.73. The lowest BCUT2D eigenvalue weighted by Gasteiger charge is -2.34. The Bertz CT molecular complexity index is 199. The molecule has 1 rings (SSSR count). The lowest BCUT2D eigenvalue weighted by molar-refractivity contribution is -0.132. The van der Waals surface area contributed by atoms with Gasteiger partial charge >= 0.3 is 0 Å². The summed E-state index contributed by atoms with van der Waals surface area (Å²) in [6.45, 7) is 6.16. The largest absolute Gasteiger partial charge is 0.378 e.